The van der Waals surface area contributed by atoms with Gasteiger partial charge in [0.25, 0.3) is 0 Å². The van der Waals surface area contributed by atoms with Crippen molar-refractivity contribution in [2.24, 2.45) is 0 Å². The lowest BCUT2D eigenvalue weighted by atomic mass is 10.0. The maximum atomic E-state index is 12.5. The van der Waals surface area contributed by atoms with Crippen LogP contribution >= 0.6 is 12.2 Å². The van der Waals surface area contributed by atoms with Gasteiger partial charge in [0.05, 0.1) is 6.61 Å². The minimum Gasteiger partial charge on any atom is -0.481 e. The molecule has 0 radical (unpaired) electrons. The largest absolute Gasteiger partial charge is 0.481 e. The molecule has 5 heteroatoms. The van der Waals surface area contributed by atoms with E-state index in [-0.39, 0.29) is 12.5 Å². The summed E-state index contributed by atoms with van der Waals surface area (Å²) in [6.45, 7) is 6.28. The predicted octanol–water partition coefficient (Wildman–Crippen LogP) is 4.90. The number of thiocarbonyl (C=S) groups is 1. The van der Waals surface area contributed by atoms with Crippen molar-refractivity contribution in [2.45, 2.75) is 39.3 Å². The summed E-state index contributed by atoms with van der Waals surface area (Å²) in [5.74, 6) is -0.285. The number of rotatable bonds is 3. The molecule has 4 nitrogen and oxygen atoms in total. The normalized spacial score (nSPS) is 13.9. The summed E-state index contributed by atoms with van der Waals surface area (Å²) in [5, 5.41) is 1.56. The molecule has 0 fully saturated rings. The molecule has 0 aliphatic carbocycles. The molecule has 1 aromatic heterocycles. The van der Waals surface area contributed by atoms with E-state index in [1.165, 1.54) is 0 Å². The van der Waals surface area contributed by atoms with Crippen molar-refractivity contribution < 1.29 is 14.3 Å². The van der Waals surface area contributed by atoms with E-state index in [9.17, 15) is 4.79 Å². The predicted molar refractivity (Wildman–Crippen MR) is 115 cm³/mol. The first-order valence-electron chi connectivity index (χ1n) is 9.43. The Morgan fingerprint density at radius 3 is 2.61 bits per heavy atom. The number of benzene rings is 2. The van der Waals surface area contributed by atoms with Gasteiger partial charge in [0.1, 0.15) is 17.8 Å². The number of nitrogens with zero attached hydrogens (tertiary/aromatic N) is 1. The summed E-state index contributed by atoms with van der Waals surface area (Å²) < 4.78 is 13.1. The van der Waals surface area contributed by atoms with Crippen LogP contribution in [0, 0.1) is 0 Å². The van der Waals surface area contributed by atoms with Gasteiger partial charge in [0, 0.05) is 17.3 Å². The molecule has 0 saturated heterocycles. The van der Waals surface area contributed by atoms with Crippen LogP contribution in [0.3, 0.4) is 0 Å². The zero-order chi connectivity index (χ0) is 19.9. The molecule has 0 unspecified atom stereocenters. The third kappa shape index (κ3) is 3.54. The van der Waals surface area contributed by atoms with Crippen molar-refractivity contribution in [3.05, 3.63) is 59.8 Å². The quantitative estimate of drug-likeness (QED) is 0.469. The second-order valence-corrected chi connectivity index (χ2v) is 8.35. The molecule has 0 saturated carbocycles. The van der Waals surface area contributed by atoms with Gasteiger partial charge in [-0.1, -0.05) is 36.4 Å². The van der Waals surface area contributed by atoms with E-state index in [2.05, 4.69) is 30.3 Å². The van der Waals surface area contributed by atoms with E-state index in [4.69, 9.17) is 21.7 Å². The minimum absolute atomic E-state index is 0.108. The smallest absolute Gasteiger partial charge is 0.326 e. The van der Waals surface area contributed by atoms with Gasteiger partial charge >= 0.3 is 5.97 Å². The van der Waals surface area contributed by atoms with Crippen LogP contribution in [0.15, 0.2) is 48.5 Å². The third-order valence-electron chi connectivity index (χ3n) is 4.76. The number of carbonyl (C=O) groups excluding carboxylic acids is 1. The summed E-state index contributed by atoms with van der Waals surface area (Å²) in [7, 11) is 0. The van der Waals surface area contributed by atoms with E-state index in [1.54, 1.807) is 0 Å². The molecular weight excluding hydrogens is 370 g/mol. The molecule has 0 spiro atoms. The highest BCUT2D eigenvalue weighted by Crippen LogP contribution is 2.34. The van der Waals surface area contributed by atoms with Gasteiger partial charge in [-0.05, 0) is 61.8 Å². The van der Waals surface area contributed by atoms with Gasteiger partial charge in [-0.15, -0.1) is 0 Å². The molecular formula is C23H23NO3S. The summed E-state index contributed by atoms with van der Waals surface area (Å²) >= 11 is 5.48. The highest BCUT2D eigenvalue weighted by atomic mass is 32.1. The van der Waals surface area contributed by atoms with Crippen LogP contribution in [0.4, 0.5) is 0 Å². The van der Waals surface area contributed by atoms with E-state index in [0.29, 0.717) is 11.7 Å². The van der Waals surface area contributed by atoms with Crippen molar-refractivity contribution >= 4 is 34.1 Å². The lowest BCUT2D eigenvalue weighted by molar-refractivity contribution is -0.155. The number of carbonyl (C=O) groups is 1. The van der Waals surface area contributed by atoms with Crippen molar-refractivity contribution in [3.8, 4) is 11.1 Å². The lowest BCUT2D eigenvalue weighted by Gasteiger charge is -2.21. The number of fused-ring (bicyclic) bond motifs is 3. The molecule has 0 bridgehead atoms. The number of hydrogen-bond donors (Lipinski definition) is 0. The average molecular weight is 394 g/mol. The van der Waals surface area contributed by atoms with E-state index in [1.807, 2.05) is 43.5 Å². The molecule has 2 aromatic carbocycles. The zero-order valence-corrected chi connectivity index (χ0v) is 17.1. The Kier molecular flexibility index (Phi) is 4.71. The molecule has 1 aliphatic rings. The molecule has 1 aliphatic heterocycles. The third-order valence-corrected chi connectivity index (χ3v) is 5.07. The first-order chi connectivity index (χ1) is 13.3. The maximum absolute atomic E-state index is 12.5. The van der Waals surface area contributed by atoms with Crippen LogP contribution in [0.2, 0.25) is 0 Å². The summed E-state index contributed by atoms with van der Waals surface area (Å²) in [4.78, 5) is 12.5. The van der Waals surface area contributed by atoms with Crippen LogP contribution in [0.5, 0.6) is 0 Å². The van der Waals surface area contributed by atoms with Crippen molar-refractivity contribution in [2.75, 3.05) is 6.61 Å². The number of aromatic nitrogens is 1. The minimum atomic E-state index is -0.530. The fraction of sp³-hybridized carbons (Fsp3) is 0.304. The number of esters is 1. The van der Waals surface area contributed by atoms with Gasteiger partial charge in [-0.3, -0.25) is 4.79 Å². The maximum Gasteiger partial charge on any atom is 0.326 e. The Balaban J connectivity index is 1.84. The molecule has 4 rings (SSSR count). The van der Waals surface area contributed by atoms with Gasteiger partial charge in [0.2, 0.25) is 5.05 Å². The molecule has 0 N–H and O–H groups in total. The van der Waals surface area contributed by atoms with Crippen LogP contribution in [-0.2, 0) is 27.2 Å². The number of hydrogen-bond acceptors (Lipinski definition) is 4. The van der Waals surface area contributed by atoms with Gasteiger partial charge in [0.15, 0.2) is 0 Å². The van der Waals surface area contributed by atoms with Gasteiger partial charge in [-0.25, -0.2) is 0 Å². The first-order valence-corrected chi connectivity index (χ1v) is 9.84. The van der Waals surface area contributed by atoms with Crippen molar-refractivity contribution in [1.29, 1.82) is 0 Å². The van der Waals surface area contributed by atoms with E-state index >= 15 is 0 Å². The Labute approximate surface area is 170 Å². The van der Waals surface area contributed by atoms with Gasteiger partial charge < -0.3 is 14.0 Å². The fourth-order valence-electron chi connectivity index (χ4n) is 3.70. The fourth-order valence-corrected chi connectivity index (χ4v) is 4.02. The van der Waals surface area contributed by atoms with Crippen LogP contribution in [0.1, 0.15) is 32.0 Å². The van der Waals surface area contributed by atoms with Crippen LogP contribution < -0.4 is 0 Å². The molecule has 3 aromatic rings. The van der Waals surface area contributed by atoms with E-state index in [0.717, 1.165) is 39.7 Å². The monoisotopic (exact) mass is 393 g/mol. The highest BCUT2D eigenvalue weighted by Gasteiger charge is 2.27. The topological polar surface area (TPSA) is 40.5 Å². The Hall–Kier alpha value is -2.66. The SMILES string of the molecule is CC(C)(C)OC(=O)Cn1c2c(c3cc(-c4ccccc4)ccc31)CCOC2=S. The summed E-state index contributed by atoms with van der Waals surface area (Å²) in [5.41, 5.74) is 4.72. The van der Waals surface area contributed by atoms with Crippen molar-refractivity contribution in [3.63, 3.8) is 0 Å². The zero-order valence-electron chi connectivity index (χ0n) is 16.3. The Morgan fingerprint density at radius 2 is 1.89 bits per heavy atom. The molecule has 28 heavy (non-hydrogen) atoms. The standard InChI is InChI=1S/C23H23NO3S/c1-23(2,3)27-20(25)14-24-19-10-9-16(15-7-5-4-6-8-15)13-18(19)17-11-12-26-22(28)21(17)24/h4-10,13H,11-12,14H2,1-3H3. The van der Waals surface area contributed by atoms with Crippen LogP contribution in [-0.4, -0.2) is 27.8 Å². The second kappa shape index (κ2) is 7.06. The van der Waals surface area contributed by atoms with Crippen LogP contribution in [0.25, 0.3) is 22.0 Å². The van der Waals surface area contributed by atoms with E-state index < -0.39 is 5.60 Å². The molecule has 0 atom stereocenters. The Bertz CT molecular complexity index is 1060. The van der Waals surface area contributed by atoms with Crippen molar-refractivity contribution in [1.82, 2.24) is 4.57 Å². The first kappa shape index (κ1) is 18.7. The molecule has 2 heterocycles. The molecule has 144 valence electrons. The molecule has 0 amide bonds. The summed E-state index contributed by atoms with van der Waals surface area (Å²) in [6.07, 6.45) is 0.769. The highest BCUT2D eigenvalue weighted by molar-refractivity contribution is 7.80. The summed E-state index contributed by atoms with van der Waals surface area (Å²) in [6, 6.07) is 16.6. The second-order valence-electron chi connectivity index (χ2n) is 7.98. The number of ether oxygens (including phenoxy) is 2. The lowest BCUT2D eigenvalue weighted by Crippen LogP contribution is -2.28. The average Bonchev–Trinajstić information content (AvgIpc) is 2.95. The van der Waals surface area contributed by atoms with Gasteiger partial charge in [-0.2, -0.15) is 0 Å². The Morgan fingerprint density at radius 1 is 1.14 bits per heavy atom.